The van der Waals surface area contributed by atoms with Crippen molar-refractivity contribution in [3.8, 4) is 0 Å². The first-order chi connectivity index (χ1) is 8.30. The molecule has 1 aliphatic heterocycles. The lowest BCUT2D eigenvalue weighted by molar-refractivity contribution is 0.587. The predicted molar refractivity (Wildman–Crippen MR) is 71.1 cm³/mol. The van der Waals surface area contributed by atoms with Gasteiger partial charge in [0.2, 0.25) is 10.0 Å². The Hall–Kier alpha value is -0.790. The molecule has 1 saturated heterocycles. The molecule has 0 amide bonds. The molecule has 2 rings (SSSR count). The molecule has 0 aromatic heterocycles. The highest BCUT2D eigenvalue weighted by Gasteiger charge is 2.37. The molecule has 1 atom stereocenters. The number of benzene rings is 1. The van der Waals surface area contributed by atoms with Gasteiger partial charge in [0.05, 0.1) is 27.5 Å². The average Bonchev–Trinajstić information content (AvgIpc) is 2.63. The summed E-state index contributed by atoms with van der Waals surface area (Å²) in [6, 6.07) is 6.42. The second-order valence-electron chi connectivity index (χ2n) is 4.15. The Bertz CT molecular complexity index is 654. The van der Waals surface area contributed by atoms with Crippen LogP contribution in [-0.4, -0.2) is 33.6 Å². The lowest BCUT2D eigenvalue weighted by Gasteiger charge is -2.13. The molecule has 1 fully saturated rings. The van der Waals surface area contributed by atoms with Crippen LogP contribution in [0.4, 0.5) is 5.69 Å². The van der Waals surface area contributed by atoms with Crippen LogP contribution in [0.15, 0.2) is 24.3 Å². The van der Waals surface area contributed by atoms with Crippen molar-refractivity contribution in [1.29, 1.82) is 0 Å². The summed E-state index contributed by atoms with van der Waals surface area (Å²) in [7, 11) is -6.95. The molecule has 1 N–H and O–H groups in total. The van der Waals surface area contributed by atoms with E-state index in [-0.39, 0.29) is 28.6 Å². The quantitative estimate of drug-likeness (QED) is 0.911. The first-order valence-electron chi connectivity index (χ1n) is 5.27. The van der Waals surface area contributed by atoms with Crippen LogP contribution in [-0.2, 0) is 19.9 Å². The van der Waals surface area contributed by atoms with Crippen molar-refractivity contribution in [2.24, 2.45) is 0 Å². The smallest absolute Gasteiger partial charge is 0.236 e. The topological polar surface area (TPSA) is 80.3 Å². The Morgan fingerprint density at radius 1 is 1.28 bits per heavy atom. The van der Waals surface area contributed by atoms with Crippen molar-refractivity contribution in [2.45, 2.75) is 11.7 Å². The van der Waals surface area contributed by atoms with Gasteiger partial charge in [0, 0.05) is 0 Å². The number of sulfone groups is 1. The molecule has 0 aliphatic carbocycles. The van der Waals surface area contributed by atoms with E-state index in [0.29, 0.717) is 0 Å². The zero-order chi connectivity index (χ0) is 13.4. The fourth-order valence-corrected chi connectivity index (χ4v) is 6.14. The summed E-state index contributed by atoms with van der Waals surface area (Å²) in [5, 5.41) is -0.624. The summed E-state index contributed by atoms with van der Waals surface area (Å²) in [4.78, 5) is 0. The van der Waals surface area contributed by atoms with Gasteiger partial charge >= 0.3 is 0 Å². The van der Waals surface area contributed by atoms with Crippen LogP contribution >= 0.6 is 11.6 Å². The highest BCUT2D eigenvalue weighted by atomic mass is 35.5. The number of hydrogen-bond acceptors (Lipinski definition) is 4. The minimum Gasteiger partial charge on any atom is -0.282 e. The SMILES string of the molecule is O=S1(=O)CC[C@@H](S(=O)(=O)Nc2ccccc2Cl)C1. The van der Waals surface area contributed by atoms with Gasteiger partial charge in [-0.1, -0.05) is 23.7 Å². The fourth-order valence-electron chi connectivity index (χ4n) is 1.79. The molecule has 100 valence electrons. The standard InChI is InChI=1S/C10H12ClNO4S2/c11-9-3-1-2-4-10(9)12-18(15,16)8-5-6-17(13,14)7-8/h1-4,8,12H,5-7H2/t8-/m1/s1. The fraction of sp³-hybridized carbons (Fsp3) is 0.400. The van der Waals surface area contributed by atoms with Gasteiger partial charge in [0.15, 0.2) is 9.84 Å². The number of sulfonamides is 1. The number of rotatable bonds is 3. The molecular formula is C10H12ClNO4S2. The number of halogens is 1. The lowest BCUT2D eigenvalue weighted by Crippen LogP contribution is -2.28. The molecule has 1 aromatic carbocycles. The van der Waals surface area contributed by atoms with E-state index in [1.165, 1.54) is 6.07 Å². The van der Waals surface area contributed by atoms with Crippen LogP contribution in [0, 0.1) is 0 Å². The van der Waals surface area contributed by atoms with Crippen LogP contribution in [0.25, 0.3) is 0 Å². The Labute approximate surface area is 111 Å². The van der Waals surface area contributed by atoms with Crippen LogP contribution in [0.5, 0.6) is 0 Å². The van der Waals surface area contributed by atoms with Crippen LogP contribution in [0.2, 0.25) is 5.02 Å². The first kappa shape index (κ1) is 13.6. The molecule has 5 nitrogen and oxygen atoms in total. The minimum atomic E-state index is -3.72. The van der Waals surface area contributed by atoms with E-state index < -0.39 is 25.1 Å². The third-order valence-electron chi connectivity index (χ3n) is 2.76. The van der Waals surface area contributed by atoms with E-state index in [9.17, 15) is 16.8 Å². The van der Waals surface area contributed by atoms with Gasteiger partial charge in [-0.3, -0.25) is 4.72 Å². The molecule has 1 aliphatic rings. The highest BCUT2D eigenvalue weighted by Crippen LogP contribution is 2.25. The maximum atomic E-state index is 12.0. The maximum Gasteiger partial charge on any atom is 0.236 e. The number of para-hydroxylation sites is 1. The summed E-state index contributed by atoms with van der Waals surface area (Å²) in [6.45, 7) is 0. The Morgan fingerprint density at radius 3 is 2.50 bits per heavy atom. The van der Waals surface area contributed by atoms with Gasteiger partial charge < -0.3 is 0 Å². The first-order valence-corrected chi connectivity index (χ1v) is 9.01. The molecule has 0 unspecified atom stereocenters. The Morgan fingerprint density at radius 2 is 1.94 bits per heavy atom. The molecule has 0 radical (unpaired) electrons. The molecule has 0 spiro atoms. The summed E-state index contributed by atoms with van der Waals surface area (Å²) >= 11 is 5.85. The normalized spacial score (nSPS) is 22.8. The second kappa shape index (κ2) is 4.71. The number of anilines is 1. The largest absolute Gasteiger partial charge is 0.282 e. The average molecular weight is 310 g/mol. The van der Waals surface area contributed by atoms with Crippen LogP contribution in [0.1, 0.15) is 6.42 Å². The minimum absolute atomic E-state index is 0.0822. The van der Waals surface area contributed by atoms with E-state index in [2.05, 4.69) is 4.72 Å². The third-order valence-corrected chi connectivity index (χ3v) is 6.85. The molecular weight excluding hydrogens is 298 g/mol. The predicted octanol–water partition coefficient (Wildman–Crippen LogP) is 1.27. The third kappa shape index (κ3) is 2.96. The number of hydrogen-bond donors (Lipinski definition) is 1. The van der Waals surface area contributed by atoms with Crippen molar-refractivity contribution >= 4 is 37.1 Å². The van der Waals surface area contributed by atoms with Gasteiger partial charge in [-0.2, -0.15) is 0 Å². The highest BCUT2D eigenvalue weighted by molar-refractivity contribution is 7.97. The molecule has 0 saturated carbocycles. The van der Waals surface area contributed by atoms with Gasteiger partial charge in [-0.05, 0) is 18.6 Å². The number of nitrogens with one attached hydrogen (secondary N) is 1. The molecule has 0 bridgehead atoms. The maximum absolute atomic E-state index is 12.0. The monoisotopic (exact) mass is 309 g/mol. The zero-order valence-corrected chi connectivity index (χ0v) is 11.7. The van der Waals surface area contributed by atoms with Gasteiger partial charge in [-0.25, -0.2) is 16.8 Å². The van der Waals surface area contributed by atoms with E-state index in [0.717, 1.165) is 0 Å². The molecule has 8 heteroatoms. The van der Waals surface area contributed by atoms with E-state index >= 15 is 0 Å². The van der Waals surface area contributed by atoms with E-state index in [1.807, 2.05) is 0 Å². The van der Waals surface area contributed by atoms with Crippen molar-refractivity contribution in [1.82, 2.24) is 0 Å². The van der Waals surface area contributed by atoms with Gasteiger partial charge in [-0.15, -0.1) is 0 Å². The molecule has 1 aromatic rings. The Kier molecular flexibility index (Phi) is 3.57. The zero-order valence-electron chi connectivity index (χ0n) is 9.34. The van der Waals surface area contributed by atoms with Gasteiger partial charge in [0.25, 0.3) is 0 Å². The summed E-state index contributed by atoms with van der Waals surface area (Å²) in [5.41, 5.74) is 0.267. The summed E-state index contributed by atoms with van der Waals surface area (Å²) < 4.78 is 48.9. The van der Waals surface area contributed by atoms with Crippen LogP contribution in [0.3, 0.4) is 0 Å². The summed E-state index contributed by atoms with van der Waals surface area (Å²) in [5.74, 6) is -0.409. The van der Waals surface area contributed by atoms with Gasteiger partial charge in [0.1, 0.15) is 0 Å². The van der Waals surface area contributed by atoms with E-state index in [4.69, 9.17) is 11.6 Å². The van der Waals surface area contributed by atoms with Crippen molar-refractivity contribution in [3.63, 3.8) is 0 Å². The second-order valence-corrected chi connectivity index (χ2v) is 8.75. The Balaban J connectivity index is 2.21. The van der Waals surface area contributed by atoms with Crippen LogP contribution < -0.4 is 4.72 Å². The van der Waals surface area contributed by atoms with Crippen molar-refractivity contribution < 1.29 is 16.8 Å². The molecule has 18 heavy (non-hydrogen) atoms. The van der Waals surface area contributed by atoms with Crippen molar-refractivity contribution in [3.05, 3.63) is 29.3 Å². The molecule has 1 heterocycles. The van der Waals surface area contributed by atoms with Crippen molar-refractivity contribution in [2.75, 3.05) is 16.2 Å². The summed E-state index contributed by atoms with van der Waals surface area (Å²) in [6.07, 6.45) is 0.127. The van der Waals surface area contributed by atoms with E-state index in [1.54, 1.807) is 18.2 Å². The lowest BCUT2D eigenvalue weighted by atomic mass is 10.3.